The van der Waals surface area contributed by atoms with Gasteiger partial charge in [0, 0.05) is 24.8 Å². The molecule has 1 saturated heterocycles. The molecule has 0 bridgehead atoms. The molecule has 8 nitrogen and oxygen atoms in total. The molecule has 2 aromatic carbocycles. The van der Waals surface area contributed by atoms with E-state index >= 15 is 0 Å². The molecule has 29 heavy (non-hydrogen) atoms. The molecular weight excluding hydrogens is 396 g/mol. The molecule has 1 amide bonds. The summed E-state index contributed by atoms with van der Waals surface area (Å²) in [4.78, 5) is 13.0. The van der Waals surface area contributed by atoms with Gasteiger partial charge >= 0.3 is 0 Å². The van der Waals surface area contributed by atoms with Crippen molar-refractivity contribution in [3.05, 3.63) is 42.0 Å². The molecule has 0 aromatic heterocycles. The summed E-state index contributed by atoms with van der Waals surface area (Å²) in [6, 6.07) is 9.98. The molecule has 1 N–H and O–H groups in total. The van der Waals surface area contributed by atoms with Gasteiger partial charge in [-0.25, -0.2) is 8.42 Å². The summed E-state index contributed by atoms with van der Waals surface area (Å²) >= 11 is 0. The van der Waals surface area contributed by atoms with Crippen molar-refractivity contribution in [3.63, 3.8) is 0 Å². The second-order valence-corrected chi connectivity index (χ2v) is 9.28. The number of hydrogen-bond acceptors (Lipinski definition) is 6. The van der Waals surface area contributed by atoms with Crippen LogP contribution in [-0.4, -0.2) is 52.0 Å². The van der Waals surface area contributed by atoms with Crippen LogP contribution < -0.4 is 19.5 Å². The van der Waals surface area contributed by atoms with Crippen LogP contribution in [0.5, 0.6) is 17.2 Å². The van der Waals surface area contributed by atoms with E-state index in [1.54, 1.807) is 25.3 Å². The maximum Gasteiger partial charge on any atom is 0.243 e. The summed E-state index contributed by atoms with van der Waals surface area (Å²) in [7, 11) is -2.23. The van der Waals surface area contributed by atoms with Crippen LogP contribution in [-0.2, 0) is 20.2 Å². The average molecular weight is 416 g/mol. The highest BCUT2D eigenvalue weighted by atomic mass is 32.2. The first-order chi connectivity index (χ1) is 13.9. The van der Waals surface area contributed by atoms with Gasteiger partial charge in [0.25, 0.3) is 0 Å². The second kappa shape index (κ2) is 6.36. The molecule has 1 atom stereocenters. The molecule has 9 heteroatoms. The van der Waals surface area contributed by atoms with Gasteiger partial charge in [-0.1, -0.05) is 0 Å². The summed E-state index contributed by atoms with van der Waals surface area (Å²) in [5.41, 5.74) is 0.571. The highest BCUT2D eigenvalue weighted by molar-refractivity contribution is 7.89. The minimum absolute atomic E-state index is 0.0791. The number of ether oxygens (including phenoxy) is 3. The molecule has 2 aromatic rings. The topological polar surface area (TPSA) is 94.2 Å². The van der Waals surface area contributed by atoms with Crippen molar-refractivity contribution >= 4 is 21.6 Å². The third-order valence-electron chi connectivity index (χ3n) is 5.81. The summed E-state index contributed by atoms with van der Waals surface area (Å²) in [5, 5.41) is 2.88. The van der Waals surface area contributed by atoms with Crippen LogP contribution in [0.4, 0.5) is 5.69 Å². The summed E-state index contributed by atoms with van der Waals surface area (Å²) in [5.74, 6) is 1.40. The Hall–Kier alpha value is -2.78. The number of carbonyl (C=O) groups is 1. The van der Waals surface area contributed by atoms with Crippen molar-refractivity contribution in [1.29, 1.82) is 0 Å². The first kappa shape index (κ1) is 18.3. The predicted octanol–water partition coefficient (Wildman–Crippen LogP) is 1.75. The quantitative estimate of drug-likeness (QED) is 0.819. The Morgan fingerprint density at radius 3 is 2.69 bits per heavy atom. The van der Waals surface area contributed by atoms with Gasteiger partial charge in [0.15, 0.2) is 11.5 Å². The van der Waals surface area contributed by atoms with Crippen LogP contribution >= 0.6 is 0 Å². The van der Waals surface area contributed by atoms with E-state index in [0.717, 1.165) is 5.56 Å². The van der Waals surface area contributed by atoms with E-state index in [1.165, 1.54) is 16.4 Å². The van der Waals surface area contributed by atoms with Crippen molar-refractivity contribution in [2.75, 3.05) is 38.7 Å². The zero-order valence-corrected chi connectivity index (χ0v) is 16.6. The SMILES string of the molecule is COc1ccc2c(c1)C1(CCN(S(=O)(=O)c3ccc4c(c3)OCCO4)C1)C(=O)N2. The third kappa shape index (κ3) is 2.68. The van der Waals surface area contributed by atoms with Crippen molar-refractivity contribution in [2.24, 2.45) is 0 Å². The highest BCUT2D eigenvalue weighted by Crippen LogP contribution is 2.47. The molecule has 3 heterocycles. The molecular formula is C20H20N2O6S. The van der Waals surface area contributed by atoms with Gasteiger partial charge in [0.2, 0.25) is 15.9 Å². The summed E-state index contributed by atoms with van der Waals surface area (Å²) < 4.78 is 44.2. The van der Waals surface area contributed by atoms with Crippen LogP contribution in [0.25, 0.3) is 0 Å². The molecule has 0 radical (unpaired) electrons. The number of nitrogens with zero attached hydrogens (tertiary/aromatic N) is 1. The van der Waals surface area contributed by atoms with Crippen LogP contribution in [0.1, 0.15) is 12.0 Å². The molecule has 1 spiro atoms. The van der Waals surface area contributed by atoms with Crippen molar-refractivity contribution < 1.29 is 27.4 Å². The number of anilines is 1. The number of carbonyl (C=O) groups excluding carboxylic acids is 1. The maximum atomic E-state index is 13.3. The Balaban J connectivity index is 1.49. The zero-order valence-electron chi connectivity index (χ0n) is 15.8. The van der Waals surface area contributed by atoms with Crippen molar-refractivity contribution in [3.8, 4) is 17.2 Å². The van der Waals surface area contributed by atoms with E-state index in [0.29, 0.717) is 42.6 Å². The normalized spacial score (nSPS) is 23.1. The third-order valence-corrected chi connectivity index (χ3v) is 7.65. The molecule has 0 saturated carbocycles. The lowest BCUT2D eigenvalue weighted by atomic mass is 9.81. The molecule has 3 aliphatic rings. The number of hydrogen-bond donors (Lipinski definition) is 1. The lowest BCUT2D eigenvalue weighted by Crippen LogP contribution is -2.39. The predicted molar refractivity (Wildman–Crippen MR) is 104 cm³/mol. The largest absolute Gasteiger partial charge is 0.497 e. The molecule has 1 fully saturated rings. The highest BCUT2D eigenvalue weighted by Gasteiger charge is 2.53. The first-order valence-corrected chi connectivity index (χ1v) is 10.8. The molecule has 5 rings (SSSR count). The minimum Gasteiger partial charge on any atom is -0.497 e. The van der Waals surface area contributed by atoms with Gasteiger partial charge in [-0.05, 0) is 42.3 Å². The number of amides is 1. The fourth-order valence-electron chi connectivity index (χ4n) is 4.24. The van der Waals surface area contributed by atoms with Gasteiger partial charge in [-0.3, -0.25) is 4.79 Å². The Morgan fingerprint density at radius 1 is 1.10 bits per heavy atom. The number of fused-ring (bicyclic) bond motifs is 3. The van der Waals surface area contributed by atoms with E-state index in [-0.39, 0.29) is 23.9 Å². The van der Waals surface area contributed by atoms with Crippen LogP contribution in [0.15, 0.2) is 41.3 Å². The van der Waals surface area contributed by atoms with E-state index in [4.69, 9.17) is 14.2 Å². The van der Waals surface area contributed by atoms with Gasteiger partial charge in [0.05, 0.1) is 17.4 Å². The zero-order chi connectivity index (χ0) is 20.2. The summed E-state index contributed by atoms with van der Waals surface area (Å²) in [6.07, 6.45) is 0.406. The van der Waals surface area contributed by atoms with Gasteiger partial charge in [0.1, 0.15) is 19.0 Å². The van der Waals surface area contributed by atoms with E-state index in [9.17, 15) is 13.2 Å². The summed E-state index contributed by atoms with van der Waals surface area (Å²) in [6.45, 7) is 1.14. The van der Waals surface area contributed by atoms with Gasteiger partial charge < -0.3 is 19.5 Å². The number of benzene rings is 2. The second-order valence-electron chi connectivity index (χ2n) is 7.34. The molecule has 3 aliphatic heterocycles. The Bertz CT molecular complexity index is 1120. The lowest BCUT2D eigenvalue weighted by molar-refractivity contribution is -0.120. The average Bonchev–Trinajstić information content (AvgIpc) is 3.31. The van der Waals surface area contributed by atoms with Crippen molar-refractivity contribution in [1.82, 2.24) is 4.31 Å². The van der Waals surface area contributed by atoms with Crippen molar-refractivity contribution in [2.45, 2.75) is 16.7 Å². The molecule has 0 aliphatic carbocycles. The smallest absolute Gasteiger partial charge is 0.243 e. The Kier molecular flexibility index (Phi) is 4.01. The number of rotatable bonds is 3. The maximum absolute atomic E-state index is 13.3. The van der Waals surface area contributed by atoms with Crippen LogP contribution in [0.2, 0.25) is 0 Å². The Labute approximate surface area is 168 Å². The fourth-order valence-corrected chi connectivity index (χ4v) is 5.75. The molecule has 1 unspecified atom stereocenters. The van der Waals surface area contributed by atoms with Crippen LogP contribution in [0.3, 0.4) is 0 Å². The molecule has 152 valence electrons. The number of nitrogens with one attached hydrogen (secondary N) is 1. The van der Waals surface area contributed by atoms with Gasteiger partial charge in [-0.15, -0.1) is 0 Å². The monoisotopic (exact) mass is 416 g/mol. The van der Waals surface area contributed by atoms with E-state index < -0.39 is 15.4 Å². The van der Waals surface area contributed by atoms with Crippen LogP contribution in [0, 0.1) is 0 Å². The number of methoxy groups -OCH3 is 1. The lowest BCUT2D eigenvalue weighted by Gasteiger charge is -2.23. The minimum atomic E-state index is -3.79. The standard InChI is InChI=1S/C20H20N2O6S/c1-26-13-2-4-16-15(10-13)20(19(23)21-16)6-7-22(12-20)29(24,25)14-3-5-17-18(11-14)28-9-8-27-17/h2-5,10-11H,6-9,12H2,1H3,(H,21,23). The Morgan fingerprint density at radius 2 is 1.90 bits per heavy atom. The first-order valence-electron chi connectivity index (χ1n) is 9.34. The fraction of sp³-hybridized carbons (Fsp3) is 0.350. The van der Waals surface area contributed by atoms with Gasteiger partial charge in [-0.2, -0.15) is 4.31 Å². The number of sulfonamides is 1. The van der Waals surface area contributed by atoms with E-state index in [2.05, 4.69) is 5.32 Å². The van der Waals surface area contributed by atoms with E-state index in [1.807, 2.05) is 6.07 Å².